The van der Waals surface area contributed by atoms with Crippen molar-refractivity contribution in [1.29, 1.82) is 0 Å². The number of aryl methyl sites for hydroxylation is 2. The van der Waals surface area contributed by atoms with Crippen LogP contribution in [0, 0.1) is 13.8 Å². The summed E-state index contributed by atoms with van der Waals surface area (Å²) in [4.78, 5) is 12.2. The van der Waals surface area contributed by atoms with E-state index in [2.05, 4.69) is 37.2 Å². The summed E-state index contributed by atoms with van der Waals surface area (Å²) < 4.78 is 1.87. The summed E-state index contributed by atoms with van der Waals surface area (Å²) in [5.41, 5.74) is 3.63. The Kier molecular flexibility index (Phi) is 4.42. The third-order valence-corrected chi connectivity index (χ3v) is 4.76. The highest BCUT2D eigenvalue weighted by Crippen LogP contribution is 2.26. The molecule has 0 aliphatic carbocycles. The lowest BCUT2D eigenvalue weighted by atomic mass is 10.1. The van der Waals surface area contributed by atoms with Crippen LogP contribution in [0.15, 0.2) is 45.3 Å². The van der Waals surface area contributed by atoms with Crippen LogP contribution in [0.3, 0.4) is 0 Å². The van der Waals surface area contributed by atoms with Crippen LogP contribution >= 0.6 is 31.9 Å². The Morgan fingerprint density at radius 2 is 1.63 bits per heavy atom. The number of carbonyl (C=O) groups excluding carboxylic acids is 1. The summed E-state index contributed by atoms with van der Waals surface area (Å²) in [5, 5.41) is 2.92. The Morgan fingerprint density at radius 3 is 2.21 bits per heavy atom. The van der Waals surface area contributed by atoms with Crippen molar-refractivity contribution >= 4 is 43.5 Å². The van der Waals surface area contributed by atoms with E-state index >= 15 is 0 Å². The fraction of sp³-hybridized carbons (Fsp3) is 0.133. The van der Waals surface area contributed by atoms with Crippen LogP contribution in [-0.4, -0.2) is 5.91 Å². The van der Waals surface area contributed by atoms with Crippen molar-refractivity contribution in [2.45, 2.75) is 13.8 Å². The van der Waals surface area contributed by atoms with E-state index in [1.54, 1.807) is 6.07 Å². The van der Waals surface area contributed by atoms with Crippen LogP contribution in [-0.2, 0) is 0 Å². The van der Waals surface area contributed by atoms with Crippen molar-refractivity contribution in [3.8, 4) is 0 Å². The summed E-state index contributed by atoms with van der Waals surface area (Å²) in [6, 6.07) is 11.3. The van der Waals surface area contributed by atoms with Gasteiger partial charge in [-0.3, -0.25) is 4.79 Å². The van der Waals surface area contributed by atoms with Crippen molar-refractivity contribution < 1.29 is 4.79 Å². The summed E-state index contributed by atoms with van der Waals surface area (Å²) in [5.74, 6) is -0.117. The normalized spacial score (nSPS) is 10.3. The molecule has 0 aliphatic rings. The number of anilines is 1. The summed E-state index contributed by atoms with van der Waals surface area (Å²) in [6.45, 7) is 4.01. The number of hydrogen-bond donors (Lipinski definition) is 1. The minimum absolute atomic E-state index is 0.117. The molecule has 2 aromatic rings. The van der Waals surface area contributed by atoms with Gasteiger partial charge in [0.1, 0.15) is 0 Å². The van der Waals surface area contributed by atoms with Crippen LogP contribution in [0.2, 0.25) is 0 Å². The lowest BCUT2D eigenvalue weighted by Crippen LogP contribution is -2.12. The minimum Gasteiger partial charge on any atom is -0.322 e. The molecule has 2 rings (SSSR count). The van der Waals surface area contributed by atoms with Crippen LogP contribution in [0.4, 0.5) is 5.69 Å². The van der Waals surface area contributed by atoms with E-state index in [1.807, 2.05) is 44.2 Å². The van der Waals surface area contributed by atoms with Gasteiger partial charge in [0.2, 0.25) is 0 Å². The SMILES string of the molecule is Cc1cc(NC(=O)c2ccccc2Br)cc(C)c1Br. The third kappa shape index (κ3) is 3.25. The van der Waals surface area contributed by atoms with Gasteiger partial charge in [0.05, 0.1) is 5.56 Å². The Morgan fingerprint density at radius 1 is 1.05 bits per heavy atom. The molecule has 0 radical (unpaired) electrons. The number of benzene rings is 2. The molecule has 0 saturated carbocycles. The molecule has 0 bridgehead atoms. The molecule has 0 saturated heterocycles. The molecule has 1 amide bonds. The zero-order valence-electron chi connectivity index (χ0n) is 10.6. The smallest absolute Gasteiger partial charge is 0.256 e. The molecule has 0 aliphatic heterocycles. The van der Waals surface area contributed by atoms with E-state index in [0.29, 0.717) is 5.56 Å². The summed E-state index contributed by atoms with van der Waals surface area (Å²) in [6.07, 6.45) is 0. The largest absolute Gasteiger partial charge is 0.322 e. The van der Waals surface area contributed by atoms with Gasteiger partial charge in [-0.15, -0.1) is 0 Å². The van der Waals surface area contributed by atoms with Gasteiger partial charge < -0.3 is 5.32 Å². The molecule has 1 N–H and O–H groups in total. The molecule has 0 heterocycles. The van der Waals surface area contributed by atoms with Gasteiger partial charge >= 0.3 is 0 Å². The van der Waals surface area contributed by atoms with E-state index < -0.39 is 0 Å². The second kappa shape index (κ2) is 5.88. The Bertz CT molecular complexity index is 615. The Hall–Kier alpha value is -1.13. The van der Waals surface area contributed by atoms with E-state index in [1.165, 1.54) is 0 Å². The molecule has 0 atom stereocenters. The van der Waals surface area contributed by atoms with Gasteiger partial charge in [0, 0.05) is 14.6 Å². The molecule has 2 aromatic carbocycles. The molecule has 0 fully saturated rings. The zero-order valence-corrected chi connectivity index (χ0v) is 13.8. The molecular formula is C15H13Br2NO. The van der Waals surface area contributed by atoms with Crippen molar-refractivity contribution in [1.82, 2.24) is 0 Å². The van der Waals surface area contributed by atoms with Crippen molar-refractivity contribution in [2.24, 2.45) is 0 Å². The lowest BCUT2D eigenvalue weighted by Gasteiger charge is -2.10. The van der Waals surface area contributed by atoms with E-state index in [0.717, 1.165) is 25.8 Å². The molecule has 98 valence electrons. The third-order valence-electron chi connectivity index (χ3n) is 2.81. The maximum Gasteiger partial charge on any atom is 0.256 e. The first-order chi connectivity index (χ1) is 8.99. The molecule has 0 spiro atoms. The highest BCUT2D eigenvalue weighted by atomic mass is 79.9. The Labute approximate surface area is 129 Å². The van der Waals surface area contributed by atoms with Crippen molar-refractivity contribution in [2.75, 3.05) is 5.32 Å². The number of amides is 1. The molecule has 0 unspecified atom stereocenters. The quantitative estimate of drug-likeness (QED) is 0.770. The first kappa shape index (κ1) is 14.3. The second-order valence-electron chi connectivity index (χ2n) is 4.36. The van der Waals surface area contributed by atoms with Crippen LogP contribution in [0.25, 0.3) is 0 Å². The summed E-state index contributed by atoms with van der Waals surface area (Å²) in [7, 11) is 0. The number of nitrogens with one attached hydrogen (secondary N) is 1. The van der Waals surface area contributed by atoms with E-state index in [4.69, 9.17) is 0 Å². The number of halogens is 2. The maximum atomic E-state index is 12.2. The average molecular weight is 383 g/mol. The van der Waals surface area contributed by atoms with Crippen LogP contribution < -0.4 is 5.32 Å². The molecular weight excluding hydrogens is 370 g/mol. The van der Waals surface area contributed by atoms with E-state index in [9.17, 15) is 4.79 Å². The fourth-order valence-corrected chi connectivity index (χ4v) is 2.56. The highest BCUT2D eigenvalue weighted by molar-refractivity contribution is 9.10. The van der Waals surface area contributed by atoms with Gasteiger partial charge in [-0.1, -0.05) is 28.1 Å². The molecule has 2 nitrogen and oxygen atoms in total. The molecule has 4 heteroatoms. The standard InChI is InChI=1S/C15H13Br2NO/c1-9-7-11(8-10(2)14(9)17)18-15(19)12-5-3-4-6-13(12)16/h3-8H,1-2H3,(H,18,19). The van der Waals surface area contributed by atoms with Crippen molar-refractivity contribution in [3.63, 3.8) is 0 Å². The first-order valence-corrected chi connectivity index (χ1v) is 7.40. The van der Waals surface area contributed by atoms with Crippen LogP contribution in [0.1, 0.15) is 21.5 Å². The van der Waals surface area contributed by atoms with E-state index in [-0.39, 0.29) is 5.91 Å². The van der Waals surface area contributed by atoms with Gasteiger partial charge in [0.15, 0.2) is 0 Å². The monoisotopic (exact) mass is 381 g/mol. The van der Waals surface area contributed by atoms with Gasteiger partial charge in [0.25, 0.3) is 5.91 Å². The predicted octanol–water partition coefficient (Wildman–Crippen LogP) is 5.08. The predicted molar refractivity (Wildman–Crippen MR) is 85.7 cm³/mol. The fourth-order valence-electron chi connectivity index (χ4n) is 1.86. The van der Waals surface area contributed by atoms with Crippen LogP contribution in [0.5, 0.6) is 0 Å². The maximum absolute atomic E-state index is 12.2. The Balaban J connectivity index is 2.27. The van der Waals surface area contributed by atoms with Gasteiger partial charge in [-0.2, -0.15) is 0 Å². The molecule has 0 aromatic heterocycles. The number of hydrogen-bond acceptors (Lipinski definition) is 1. The average Bonchev–Trinajstić information content (AvgIpc) is 2.36. The minimum atomic E-state index is -0.117. The number of carbonyl (C=O) groups is 1. The topological polar surface area (TPSA) is 29.1 Å². The zero-order chi connectivity index (χ0) is 14.0. The van der Waals surface area contributed by atoms with Gasteiger partial charge in [-0.25, -0.2) is 0 Å². The number of rotatable bonds is 2. The molecule has 19 heavy (non-hydrogen) atoms. The van der Waals surface area contributed by atoms with Gasteiger partial charge in [-0.05, 0) is 65.2 Å². The first-order valence-electron chi connectivity index (χ1n) is 5.81. The second-order valence-corrected chi connectivity index (χ2v) is 6.01. The summed E-state index contributed by atoms with van der Waals surface area (Å²) >= 11 is 6.90. The van der Waals surface area contributed by atoms with Crippen molar-refractivity contribution in [3.05, 3.63) is 62.0 Å². The highest BCUT2D eigenvalue weighted by Gasteiger charge is 2.10. The lowest BCUT2D eigenvalue weighted by molar-refractivity contribution is 0.102.